The molecule has 18 nitrogen and oxygen atoms in total. The largest absolute Gasteiger partial charge is 0.490 e. The monoisotopic (exact) mass is 657 g/mol. The van der Waals surface area contributed by atoms with Crippen LogP contribution in [0.25, 0.3) is 0 Å². The van der Waals surface area contributed by atoms with Crippen molar-refractivity contribution in [1.29, 1.82) is 0 Å². The number of halogens is 3. The fraction of sp³-hybridized carbons (Fsp3) is 0.320. The lowest BCUT2D eigenvalue weighted by Gasteiger charge is -2.28. The highest BCUT2D eigenvalue weighted by Crippen LogP contribution is 2.14. The number of benzene rings is 2. The second kappa shape index (κ2) is 16.8. The molecule has 1 atom stereocenters. The first-order chi connectivity index (χ1) is 21.5. The first-order valence-corrected chi connectivity index (χ1v) is 12.8. The predicted octanol–water partition coefficient (Wildman–Crippen LogP) is 2.12. The molecular formula is C25H26F3N7O11. The summed E-state index contributed by atoms with van der Waals surface area (Å²) in [4.78, 5) is 70.5. The summed E-state index contributed by atoms with van der Waals surface area (Å²) in [7, 11) is 0. The van der Waals surface area contributed by atoms with Crippen LogP contribution in [-0.2, 0) is 32.3 Å². The molecule has 46 heavy (non-hydrogen) atoms. The standard InChI is InChI=1S/C23H25N7O9.C2HF3O2/c1-14(20(31)26-17-10-24-11-17)25-21(27-22(32)38-12-15-2-6-18(7-3-15)29(34)35)28-23(33)39-13-16-4-8-19(9-5-16)30(36)37;3-2(4,5)1(6)7/h2-9,14,17,24H,10-13H2,1H3,(H,26,31)(H2,25,27,28,32,33);(H,6,7)/t14-;/m0./s1. The number of guanidine groups is 1. The van der Waals surface area contributed by atoms with Crippen molar-refractivity contribution < 1.29 is 56.8 Å². The number of ether oxygens (including phenoxy) is 2. The molecule has 2 aromatic carbocycles. The van der Waals surface area contributed by atoms with Crippen molar-refractivity contribution in [2.24, 2.45) is 4.99 Å². The zero-order valence-electron chi connectivity index (χ0n) is 23.6. The molecule has 5 N–H and O–H groups in total. The second-order valence-corrected chi connectivity index (χ2v) is 9.07. The van der Waals surface area contributed by atoms with Crippen LogP contribution in [0.3, 0.4) is 0 Å². The molecule has 0 aromatic heterocycles. The SMILES string of the molecule is C[C@H](N=C(NC(=O)OCc1ccc([N+](=O)[O-])cc1)NC(=O)OCc1ccc([N+](=O)[O-])cc1)C(=O)NC1CNC1.O=C(O)C(F)(F)F. The molecule has 1 saturated heterocycles. The maximum Gasteiger partial charge on any atom is 0.490 e. The summed E-state index contributed by atoms with van der Waals surface area (Å²) in [6, 6.07) is 9.60. The third-order valence-corrected chi connectivity index (χ3v) is 5.55. The van der Waals surface area contributed by atoms with E-state index in [2.05, 4.69) is 26.3 Å². The van der Waals surface area contributed by atoms with Crippen molar-refractivity contribution in [1.82, 2.24) is 21.3 Å². The van der Waals surface area contributed by atoms with Gasteiger partial charge >= 0.3 is 24.3 Å². The van der Waals surface area contributed by atoms with E-state index in [1.165, 1.54) is 55.5 Å². The summed E-state index contributed by atoms with van der Waals surface area (Å²) >= 11 is 0. The Morgan fingerprint density at radius 2 is 1.30 bits per heavy atom. The van der Waals surface area contributed by atoms with Gasteiger partial charge in [0.1, 0.15) is 19.3 Å². The van der Waals surface area contributed by atoms with Crippen LogP contribution in [0.4, 0.5) is 34.1 Å². The van der Waals surface area contributed by atoms with Crippen molar-refractivity contribution in [3.8, 4) is 0 Å². The zero-order chi connectivity index (χ0) is 34.4. The van der Waals surface area contributed by atoms with Crippen LogP contribution >= 0.6 is 0 Å². The van der Waals surface area contributed by atoms with Gasteiger partial charge in [-0.05, 0) is 42.3 Å². The van der Waals surface area contributed by atoms with Gasteiger partial charge in [-0.2, -0.15) is 13.2 Å². The van der Waals surface area contributed by atoms with Gasteiger partial charge < -0.3 is 25.2 Å². The summed E-state index contributed by atoms with van der Waals surface area (Å²) in [5.74, 6) is -3.62. The van der Waals surface area contributed by atoms with Crippen molar-refractivity contribution in [3.05, 3.63) is 79.9 Å². The van der Waals surface area contributed by atoms with Gasteiger partial charge in [-0.1, -0.05) is 0 Å². The van der Waals surface area contributed by atoms with E-state index in [9.17, 15) is 47.8 Å². The number of carboxylic acids is 1. The number of alkyl carbamates (subject to hydrolysis) is 2. The van der Waals surface area contributed by atoms with Gasteiger partial charge in [-0.15, -0.1) is 0 Å². The molecule has 0 unspecified atom stereocenters. The highest BCUT2D eigenvalue weighted by atomic mass is 19.4. The van der Waals surface area contributed by atoms with E-state index in [-0.39, 0.29) is 30.6 Å². The topological polar surface area (TPSA) is 254 Å². The van der Waals surface area contributed by atoms with Gasteiger partial charge in [0, 0.05) is 37.4 Å². The minimum Gasteiger partial charge on any atom is -0.475 e. The number of alkyl halides is 3. The summed E-state index contributed by atoms with van der Waals surface area (Å²) in [5.41, 5.74) is 0.677. The number of aliphatic imine (C=N–C) groups is 1. The highest BCUT2D eigenvalue weighted by Gasteiger charge is 2.38. The van der Waals surface area contributed by atoms with Gasteiger partial charge in [0.05, 0.1) is 15.9 Å². The van der Waals surface area contributed by atoms with E-state index in [1.54, 1.807) is 0 Å². The number of nitro benzene ring substituents is 2. The fourth-order valence-corrected chi connectivity index (χ4v) is 3.05. The first kappa shape index (κ1) is 36.3. The lowest BCUT2D eigenvalue weighted by atomic mass is 10.1. The van der Waals surface area contributed by atoms with Crippen LogP contribution in [-0.4, -0.2) is 76.3 Å². The van der Waals surface area contributed by atoms with Gasteiger partial charge in [0.15, 0.2) is 0 Å². The molecule has 3 rings (SSSR count). The van der Waals surface area contributed by atoms with Crippen LogP contribution in [0.15, 0.2) is 53.5 Å². The van der Waals surface area contributed by atoms with E-state index >= 15 is 0 Å². The van der Waals surface area contributed by atoms with Gasteiger partial charge in [0.25, 0.3) is 11.4 Å². The van der Waals surface area contributed by atoms with Crippen molar-refractivity contribution in [3.63, 3.8) is 0 Å². The van der Waals surface area contributed by atoms with E-state index < -0.39 is 52.1 Å². The number of rotatable bonds is 9. The van der Waals surface area contributed by atoms with Crippen molar-refractivity contribution in [2.45, 2.75) is 38.4 Å². The number of carboxylic acid groups (broad SMARTS) is 1. The molecule has 0 bridgehead atoms. The van der Waals surface area contributed by atoms with Crippen LogP contribution < -0.4 is 21.3 Å². The number of carbonyl (C=O) groups is 4. The molecule has 0 aliphatic carbocycles. The summed E-state index contributed by atoms with van der Waals surface area (Å²) < 4.78 is 41.9. The Bertz CT molecular complexity index is 1370. The molecule has 1 fully saturated rings. The lowest BCUT2D eigenvalue weighted by Crippen LogP contribution is -2.58. The minimum absolute atomic E-state index is 0.0576. The molecule has 1 aliphatic heterocycles. The number of hydrogen-bond donors (Lipinski definition) is 5. The Kier molecular flexibility index (Phi) is 13.3. The summed E-state index contributed by atoms with van der Waals surface area (Å²) in [6.07, 6.45) is -7.14. The van der Waals surface area contributed by atoms with Crippen LogP contribution in [0.2, 0.25) is 0 Å². The highest BCUT2D eigenvalue weighted by molar-refractivity contribution is 6.02. The Hall–Kier alpha value is -5.86. The Morgan fingerprint density at radius 1 is 0.913 bits per heavy atom. The van der Waals surface area contributed by atoms with Gasteiger partial charge in [0.2, 0.25) is 11.9 Å². The normalized spacial score (nSPS) is 12.9. The maximum absolute atomic E-state index is 12.4. The third kappa shape index (κ3) is 12.8. The fourth-order valence-electron chi connectivity index (χ4n) is 3.05. The molecule has 1 heterocycles. The number of amides is 3. The number of hydrogen-bond acceptors (Lipinski definition) is 12. The molecule has 0 spiro atoms. The molecule has 21 heteroatoms. The molecule has 1 aliphatic rings. The molecule has 0 saturated carbocycles. The first-order valence-electron chi connectivity index (χ1n) is 12.8. The molecule has 0 radical (unpaired) electrons. The number of nitrogens with zero attached hydrogens (tertiary/aromatic N) is 3. The average Bonchev–Trinajstić information content (AvgIpc) is 2.96. The second-order valence-electron chi connectivity index (χ2n) is 9.07. The average molecular weight is 658 g/mol. The van der Waals surface area contributed by atoms with Crippen LogP contribution in [0.5, 0.6) is 0 Å². The van der Waals surface area contributed by atoms with Crippen molar-refractivity contribution >= 4 is 41.4 Å². The van der Waals surface area contributed by atoms with E-state index in [0.717, 1.165) is 0 Å². The Morgan fingerprint density at radius 3 is 1.61 bits per heavy atom. The van der Waals surface area contributed by atoms with E-state index in [0.29, 0.717) is 24.2 Å². The van der Waals surface area contributed by atoms with Gasteiger partial charge in [-0.25, -0.2) is 19.4 Å². The number of carbonyl (C=O) groups excluding carboxylic acids is 3. The number of nitro groups is 2. The van der Waals surface area contributed by atoms with E-state index in [1.807, 2.05) is 0 Å². The van der Waals surface area contributed by atoms with Crippen LogP contribution in [0, 0.1) is 20.2 Å². The maximum atomic E-state index is 12.4. The number of nitrogens with one attached hydrogen (secondary N) is 4. The lowest BCUT2D eigenvalue weighted by molar-refractivity contribution is -0.385. The van der Waals surface area contributed by atoms with Crippen molar-refractivity contribution in [2.75, 3.05) is 13.1 Å². The number of non-ortho nitro benzene ring substituents is 2. The van der Waals surface area contributed by atoms with Gasteiger partial charge in [-0.3, -0.25) is 35.7 Å². The van der Waals surface area contributed by atoms with Crippen LogP contribution in [0.1, 0.15) is 18.1 Å². The van der Waals surface area contributed by atoms with E-state index in [4.69, 9.17) is 19.4 Å². The molecule has 2 aromatic rings. The number of aliphatic carboxylic acids is 1. The third-order valence-electron chi connectivity index (χ3n) is 5.55. The molecule has 3 amide bonds. The quantitative estimate of drug-likeness (QED) is 0.113. The minimum atomic E-state index is -5.08. The Labute approximate surface area is 256 Å². The summed E-state index contributed by atoms with van der Waals surface area (Å²) in [6.45, 7) is 2.18. The Balaban J connectivity index is 0.000000942. The zero-order valence-corrected chi connectivity index (χ0v) is 23.6. The predicted molar refractivity (Wildman–Crippen MR) is 148 cm³/mol. The smallest absolute Gasteiger partial charge is 0.475 e. The molecule has 248 valence electrons. The molecular weight excluding hydrogens is 631 g/mol. The summed E-state index contributed by atoms with van der Waals surface area (Å²) in [5, 5.41) is 38.9.